The first-order chi connectivity index (χ1) is 12.7. The molecule has 0 aromatic heterocycles. The van der Waals surface area contributed by atoms with E-state index in [4.69, 9.17) is 28.6 Å². The maximum Gasteiger partial charge on any atom is 0.129 e. The van der Waals surface area contributed by atoms with Gasteiger partial charge in [0.25, 0.3) is 0 Å². The van der Waals surface area contributed by atoms with Gasteiger partial charge in [0, 0.05) is 17.1 Å². The lowest BCUT2D eigenvalue weighted by atomic mass is 10.1. The first-order valence-electron chi connectivity index (χ1n) is 8.51. The minimum atomic E-state index is 0.406. The largest absolute Gasteiger partial charge is 0.488 e. The number of para-hydroxylation sites is 1. The molecule has 2 nitrogen and oxygen atoms in total. The number of hydrogen-bond acceptors (Lipinski definition) is 2. The highest BCUT2D eigenvalue weighted by atomic mass is 35.5. The summed E-state index contributed by atoms with van der Waals surface area (Å²) in [4.78, 5) is 0.690. The van der Waals surface area contributed by atoms with Crippen molar-refractivity contribution >= 4 is 28.8 Å². The quantitative estimate of drug-likeness (QED) is 0.551. The molecule has 0 saturated carbocycles. The summed E-state index contributed by atoms with van der Waals surface area (Å²) >= 11 is 11.8. The molecule has 0 atom stereocenters. The molecule has 0 saturated heterocycles. The Balaban J connectivity index is 1.61. The van der Waals surface area contributed by atoms with Crippen molar-refractivity contribution in [3.63, 3.8) is 0 Å². The molecule has 3 aromatic rings. The summed E-state index contributed by atoms with van der Waals surface area (Å²) in [5.74, 6) is 0.754. The normalized spacial score (nSPS) is 10.3. The van der Waals surface area contributed by atoms with Crippen molar-refractivity contribution in [2.75, 3.05) is 6.54 Å². The van der Waals surface area contributed by atoms with Crippen LogP contribution in [-0.4, -0.2) is 11.5 Å². The van der Waals surface area contributed by atoms with Gasteiger partial charge in [-0.25, -0.2) is 0 Å². The van der Waals surface area contributed by atoms with Gasteiger partial charge in [-0.05, 0) is 30.2 Å². The Kier molecular flexibility index (Phi) is 6.64. The summed E-state index contributed by atoms with van der Waals surface area (Å²) in [6, 6.07) is 25.8. The second-order valence-electron chi connectivity index (χ2n) is 5.87. The van der Waals surface area contributed by atoms with E-state index < -0.39 is 0 Å². The van der Waals surface area contributed by atoms with Crippen molar-refractivity contribution in [2.45, 2.75) is 13.0 Å². The minimum absolute atomic E-state index is 0.406. The number of ether oxygens (including phenoxy) is 1. The van der Waals surface area contributed by atoms with Crippen LogP contribution in [0.25, 0.3) is 0 Å². The van der Waals surface area contributed by atoms with Crippen LogP contribution in [0.15, 0.2) is 78.9 Å². The van der Waals surface area contributed by atoms with E-state index in [9.17, 15) is 0 Å². The zero-order chi connectivity index (χ0) is 18.2. The van der Waals surface area contributed by atoms with Crippen molar-refractivity contribution in [3.05, 3.63) is 101 Å². The van der Waals surface area contributed by atoms with Crippen molar-refractivity contribution in [1.29, 1.82) is 0 Å². The smallest absolute Gasteiger partial charge is 0.129 e. The predicted octanol–water partition coefficient (Wildman–Crippen LogP) is 5.43. The topological polar surface area (TPSA) is 21.3 Å². The van der Waals surface area contributed by atoms with Crippen molar-refractivity contribution in [1.82, 2.24) is 5.32 Å². The minimum Gasteiger partial charge on any atom is -0.488 e. The second-order valence-corrected chi connectivity index (χ2v) is 6.68. The molecule has 0 fully saturated rings. The third-order valence-electron chi connectivity index (χ3n) is 4.01. The fourth-order valence-electron chi connectivity index (χ4n) is 2.61. The molecule has 3 rings (SSSR count). The maximum atomic E-state index is 6.20. The standard InChI is InChI=1S/C22H20ClNOS/c23-20-12-6-4-10-18(20)16-25-21-13-7-5-11-19(21)22(26)24-15-14-17-8-2-1-3-9-17/h1-13H,14-16H2,(H,24,26). The van der Waals surface area contributed by atoms with Gasteiger partial charge in [-0.3, -0.25) is 0 Å². The summed E-state index contributed by atoms with van der Waals surface area (Å²) in [5.41, 5.74) is 3.13. The van der Waals surface area contributed by atoms with E-state index in [2.05, 4.69) is 17.4 Å². The molecule has 0 aliphatic heterocycles. The number of rotatable bonds is 7. The first kappa shape index (κ1) is 18.4. The molecule has 0 bridgehead atoms. The average Bonchev–Trinajstić information content (AvgIpc) is 2.68. The fourth-order valence-corrected chi connectivity index (χ4v) is 3.07. The SMILES string of the molecule is S=C(NCCc1ccccc1)c1ccccc1OCc1ccccc1Cl. The summed E-state index contributed by atoms with van der Waals surface area (Å²) in [6.45, 7) is 1.19. The van der Waals surface area contributed by atoms with Crippen molar-refractivity contribution in [2.24, 2.45) is 0 Å². The number of benzene rings is 3. The van der Waals surface area contributed by atoms with Gasteiger partial charge >= 0.3 is 0 Å². The van der Waals surface area contributed by atoms with Gasteiger partial charge in [-0.1, -0.05) is 84.5 Å². The van der Waals surface area contributed by atoms with Gasteiger partial charge in [0.2, 0.25) is 0 Å². The van der Waals surface area contributed by atoms with E-state index in [1.807, 2.05) is 66.7 Å². The number of thiocarbonyl (C=S) groups is 1. The zero-order valence-corrected chi connectivity index (χ0v) is 15.9. The summed E-state index contributed by atoms with van der Waals surface area (Å²) in [7, 11) is 0. The molecule has 4 heteroatoms. The van der Waals surface area contributed by atoms with Gasteiger partial charge in [0.1, 0.15) is 17.3 Å². The molecule has 26 heavy (non-hydrogen) atoms. The van der Waals surface area contributed by atoms with Gasteiger partial charge in [0.05, 0.1) is 5.56 Å². The van der Waals surface area contributed by atoms with Crippen LogP contribution in [-0.2, 0) is 13.0 Å². The highest BCUT2D eigenvalue weighted by molar-refractivity contribution is 7.80. The third-order valence-corrected chi connectivity index (χ3v) is 4.75. The van der Waals surface area contributed by atoms with E-state index in [1.54, 1.807) is 0 Å². The molecule has 3 aromatic carbocycles. The van der Waals surface area contributed by atoms with Crippen LogP contribution < -0.4 is 10.1 Å². The Hall–Kier alpha value is -2.36. The molecule has 0 radical (unpaired) electrons. The van der Waals surface area contributed by atoms with Crippen LogP contribution in [0.3, 0.4) is 0 Å². The number of nitrogens with one attached hydrogen (secondary N) is 1. The van der Waals surface area contributed by atoms with Gasteiger partial charge < -0.3 is 10.1 Å². The zero-order valence-electron chi connectivity index (χ0n) is 14.3. The van der Waals surface area contributed by atoms with E-state index >= 15 is 0 Å². The van der Waals surface area contributed by atoms with Crippen molar-refractivity contribution < 1.29 is 4.74 Å². The molecule has 0 spiro atoms. The Morgan fingerprint density at radius 2 is 1.58 bits per heavy atom. The Labute approximate surface area is 164 Å². The van der Waals surface area contributed by atoms with Crippen LogP contribution >= 0.6 is 23.8 Å². The summed E-state index contributed by atoms with van der Waals surface area (Å²) in [6.07, 6.45) is 0.920. The van der Waals surface area contributed by atoms with E-state index in [-0.39, 0.29) is 0 Å². The first-order valence-corrected chi connectivity index (χ1v) is 9.30. The lowest BCUT2D eigenvalue weighted by Gasteiger charge is -2.14. The van der Waals surface area contributed by atoms with Crippen LogP contribution in [0, 0.1) is 0 Å². The highest BCUT2D eigenvalue weighted by Crippen LogP contribution is 2.22. The molecule has 132 valence electrons. The monoisotopic (exact) mass is 381 g/mol. The molecule has 0 aliphatic rings. The molecule has 0 aliphatic carbocycles. The lowest BCUT2D eigenvalue weighted by Crippen LogP contribution is -2.25. The Morgan fingerprint density at radius 3 is 2.38 bits per heavy atom. The molecular formula is C22H20ClNOS. The fraction of sp³-hybridized carbons (Fsp3) is 0.136. The number of halogens is 1. The summed E-state index contributed by atoms with van der Waals surface area (Å²) in [5, 5.41) is 4.03. The maximum absolute atomic E-state index is 6.20. The molecular weight excluding hydrogens is 362 g/mol. The third kappa shape index (κ3) is 5.07. The molecule has 0 unspecified atom stereocenters. The van der Waals surface area contributed by atoms with Crippen molar-refractivity contribution in [3.8, 4) is 5.75 Å². The van der Waals surface area contributed by atoms with Gasteiger partial charge in [0.15, 0.2) is 0 Å². The predicted molar refractivity (Wildman–Crippen MR) is 112 cm³/mol. The van der Waals surface area contributed by atoms with Crippen LogP contribution in [0.5, 0.6) is 5.75 Å². The van der Waals surface area contributed by atoms with Gasteiger partial charge in [-0.15, -0.1) is 0 Å². The van der Waals surface area contributed by atoms with Crippen LogP contribution in [0.2, 0.25) is 5.02 Å². The second kappa shape index (κ2) is 9.37. The van der Waals surface area contributed by atoms with Gasteiger partial charge in [-0.2, -0.15) is 0 Å². The van der Waals surface area contributed by atoms with E-state index in [0.29, 0.717) is 16.6 Å². The summed E-state index contributed by atoms with van der Waals surface area (Å²) < 4.78 is 5.98. The average molecular weight is 382 g/mol. The molecule has 0 amide bonds. The van der Waals surface area contributed by atoms with E-state index in [1.165, 1.54) is 5.56 Å². The van der Waals surface area contributed by atoms with Crippen LogP contribution in [0.1, 0.15) is 16.7 Å². The Bertz CT molecular complexity index is 867. The highest BCUT2D eigenvalue weighted by Gasteiger charge is 2.09. The van der Waals surface area contributed by atoms with Crippen LogP contribution in [0.4, 0.5) is 0 Å². The number of hydrogen-bond donors (Lipinski definition) is 1. The Morgan fingerprint density at radius 1 is 0.885 bits per heavy atom. The van der Waals surface area contributed by atoms with E-state index in [0.717, 1.165) is 29.8 Å². The molecule has 0 heterocycles. The lowest BCUT2D eigenvalue weighted by molar-refractivity contribution is 0.305. The molecule has 1 N–H and O–H groups in total.